The summed E-state index contributed by atoms with van der Waals surface area (Å²) in [5.41, 5.74) is 0.998. The Balaban J connectivity index is 2.07. The van der Waals surface area contributed by atoms with Crippen LogP contribution in [-0.4, -0.2) is 26.0 Å². The quantitative estimate of drug-likeness (QED) is 0.809. The molecule has 2 rings (SSSR count). The molecule has 2 aromatic rings. The fourth-order valence-corrected chi connectivity index (χ4v) is 3.66. The van der Waals surface area contributed by atoms with Gasteiger partial charge in [0.2, 0.25) is 15.8 Å². The lowest BCUT2D eigenvalue weighted by Crippen LogP contribution is -2.25. The summed E-state index contributed by atoms with van der Waals surface area (Å²) in [4.78, 5) is 10.5. The van der Waals surface area contributed by atoms with Crippen LogP contribution in [0.2, 0.25) is 0 Å². The van der Waals surface area contributed by atoms with E-state index in [1.54, 1.807) is 0 Å². The minimum Gasteiger partial charge on any atom is -0.475 e. The third-order valence-corrected chi connectivity index (χ3v) is 5.02. The Labute approximate surface area is 130 Å². The van der Waals surface area contributed by atoms with Crippen LogP contribution in [-0.2, 0) is 16.4 Å². The number of hydrogen-bond acceptors (Lipinski definition) is 4. The number of halogens is 1. The molecular formula is C13H12BrNO5S. The standard InChI is InChI=1S/C13H12BrNO5S/c14-12-11(8-10(20-12)13(16)17)21(18,19)15-7-6-9-4-2-1-3-5-9/h1-5,8,15H,6-7H2,(H,16,17). The zero-order valence-corrected chi connectivity index (χ0v) is 13.1. The fraction of sp³-hybridized carbons (Fsp3) is 0.154. The lowest BCUT2D eigenvalue weighted by atomic mass is 10.2. The third-order valence-electron chi connectivity index (χ3n) is 2.70. The van der Waals surface area contributed by atoms with Gasteiger partial charge in [-0.15, -0.1) is 0 Å². The van der Waals surface area contributed by atoms with Gasteiger partial charge >= 0.3 is 5.97 Å². The second-order valence-electron chi connectivity index (χ2n) is 4.19. The number of furan rings is 1. The van der Waals surface area contributed by atoms with Crippen molar-refractivity contribution in [1.82, 2.24) is 4.72 Å². The summed E-state index contributed by atoms with van der Waals surface area (Å²) < 4.78 is 31.3. The predicted molar refractivity (Wildman–Crippen MR) is 78.7 cm³/mol. The van der Waals surface area contributed by atoms with Gasteiger partial charge in [0.05, 0.1) is 0 Å². The zero-order chi connectivity index (χ0) is 15.5. The second kappa shape index (κ2) is 6.42. The molecule has 0 fully saturated rings. The van der Waals surface area contributed by atoms with E-state index >= 15 is 0 Å². The topological polar surface area (TPSA) is 96.6 Å². The van der Waals surface area contributed by atoms with Crippen LogP contribution < -0.4 is 4.72 Å². The summed E-state index contributed by atoms with van der Waals surface area (Å²) in [5, 5.41) is 8.78. The molecule has 2 N–H and O–H groups in total. The van der Waals surface area contributed by atoms with Crippen molar-refractivity contribution < 1.29 is 22.7 Å². The summed E-state index contributed by atoms with van der Waals surface area (Å²) >= 11 is 2.91. The van der Waals surface area contributed by atoms with Crippen LogP contribution >= 0.6 is 15.9 Å². The molecule has 0 saturated heterocycles. The summed E-state index contributed by atoms with van der Waals surface area (Å²) in [5.74, 6) is -1.77. The Morgan fingerprint density at radius 2 is 1.95 bits per heavy atom. The van der Waals surface area contributed by atoms with Crippen molar-refractivity contribution in [2.24, 2.45) is 0 Å². The van der Waals surface area contributed by atoms with Gasteiger partial charge in [0.25, 0.3) is 0 Å². The maximum atomic E-state index is 12.1. The Morgan fingerprint density at radius 1 is 1.29 bits per heavy atom. The molecule has 0 aliphatic carbocycles. The molecule has 21 heavy (non-hydrogen) atoms. The maximum Gasteiger partial charge on any atom is 0.371 e. The van der Waals surface area contributed by atoms with Gasteiger partial charge in [0.15, 0.2) is 4.67 Å². The number of benzene rings is 1. The second-order valence-corrected chi connectivity index (χ2v) is 6.64. The SMILES string of the molecule is O=C(O)c1cc(S(=O)(=O)NCCc2ccccc2)c(Br)o1. The Hall–Kier alpha value is -1.64. The van der Waals surface area contributed by atoms with E-state index in [9.17, 15) is 13.2 Å². The minimum atomic E-state index is -3.83. The van der Waals surface area contributed by atoms with E-state index in [2.05, 4.69) is 20.7 Å². The number of rotatable bonds is 6. The fourth-order valence-electron chi connectivity index (χ4n) is 1.69. The highest BCUT2D eigenvalue weighted by Crippen LogP contribution is 2.25. The molecule has 0 radical (unpaired) electrons. The van der Waals surface area contributed by atoms with E-state index in [-0.39, 0.29) is 16.1 Å². The van der Waals surface area contributed by atoms with E-state index in [0.29, 0.717) is 6.42 Å². The summed E-state index contributed by atoms with van der Waals surface area (Å²) in [6, 6.07) is 10.4. The predicted octanol–water partition coefficient (Wildman–Crippen LogP) is 2.26. The smallest absolute Gasteiger partial charge is 0.371 e. The first-order valence-corrected chi connectivity index (χ1v) is 8.24. The minimum absolute atomic E-state index is 0.132. The number of nitrogens with one attached hydrogen (secondary N) is 1. The van der Waals surface area contributed by atoms with Gasteiger partial charge in [0.1, 0.15) is 4.90 Å². The van der Waals surface area contributed by atoms with Crippen molar-refractivity contribution in [2.75, 3.05) is 6.54 Å². The molecule has 1 heterocycles. The summed E-state index contributed by atoms with van der Waals surface area (Å²) in [6.07, 6.45) is 0.529. The van der Waals surface area contributed by atoms with Crippen molar-refractivity contribution in [3.63, 3.8) is 0 Å². The molecular weight excluding hydrogens is 362 g/mol. The van der Waals surface area contributed by atoms with Gasteiger partial charge in [-0.25, -0.2) is 17.9 Å². The highest BCUT2D eigenvalue weighted by atomic mass is 79.9. The van der Waals surface area contributed by atoms with E-state index in [4.69, 9.17) is 9.52 Å². The van der Waals surface area contributed by atoms with Crippen molar-refractivity contribution in [3.05, 3.63) is 52.4 Å². The molecule has 0 bridgehead atoms. The van der Waals surface area contributed by atoms with Crippen LogP contribution in [0.15, 0.2) is 50.4 Å². The number of carboxylic acids is 1. The summed E-state index contributed by atoms with van der Waals surface area (Å²) in [6.45, 7) is 0.201. The lowest BCUT2D eigenvalue weighted by Gasteiger charge is -2.05. The molecule has 0 aliphatic heterocycles. The van der Waals surface area contributed by atoms with E-state index in [0.717, 1.165) is 11.6 Å². The molecule has 112 valence electrons. The number of sulfonamides is 1. The largest absolute Gasteiger partial charge is 0.475 e. The van der Waals surface area contributed by atoms with Gasteiger partial charge in [-0.2, -0.15) is 0 Å². The number of carbonyl (C=O) groups is 1. The van der Waals surface area contributed by atoms with Gasteiger partial charge in [-0.3, -0.25) is 0 Å². The van der Waals surface area contributed by atoms with Crippen LogP contribution in [0.1, 0.15) is 16.1 Å². The molecule has 0 aliphatic rings. The van der Waals surface area contributed by atoms with E-state index < -0.39 is 21.8 Å². The first kappa shape index (κ1) is 15.7. The van der Waals surface area contributed by atoms with Crippen molar-refractivity contribution in [1.29, 1.82) is 0 Å². The van der Waals surface area contributed by atoms with Gasteiger partial charge in [-0.05, 0) is 27.9 Å². The van der Waals surface area contributed by atoms with Crippen LogP contribution in [0.25, 0.3) is 0 Å². The molecule has 0 spiro atoms. The van der Waals surface area contributed by atoms with Gasteiger partial charge in [-0.1, -0.05) is 30.3 Å². The average molecular weight is 374 g/mol. The average Bonchev–Trinajstić information content (AvgIpc) is 2.83. The first-order chi connectivity index (χ1) is 9.90. The van der Waals surface area contributed by atoms with Crippen LogP contribution in [0.5, 0.6) is 0 Å². The lowest BCUT2D eigenvalue weighted by molar-refractivity contribution is 0.0661. The van der Waals surface area contributed by atoms with Gasteiger partial charge in [0, 0.05) is 12.6 Å². The highest BCUT2D eigenvalue weighted by molar-refractivity contribution is 9.10. The molecule has 0 atom stereocenters. The van der Waals surface area contributed by atoms with Crippen LogP contribution in [0, 0.1) is 0 Å². The van der Waals surface area contributed by atoms with E-state index in [1.807, 2.05) is 30.3 Å². The van der Waals surface area contributed by atoms with Crippen LogP contribution in [0.4, 0.5) is 0 Å². The molecule has 0 saturated carbocycles. The Kier molecular flexibility index (Phi) is 4.81. The number of carboxylic acid groups (broad SMARTS) is 1. The molecule has 1 aromatic heterocycles. The van der Waals surface area contributed by atoms with Crippen molar-refractivity contribution in [3.8, 4) is 0 Å². The zero-order valence-electron chi connectivity index (χ0n) is 10.7. The maximum absolute atomic E-state index is 12.1. The highest BCUT2D eigenvalue weighted by Gasteiger charge is 2.24. The third kappa shape index (κ3) is 3.93. The summed E-state index contributed by atoms with van der Waals surface area (Å²) in [7, 11) is -3.83. The van der Waals surface area contributed by atoms with Crippen LogP contribution in [0.3, 0.4) is 0 Å². The number of hydrogen-bond donors (Lipinski definition) is 2. The number of aromatic carboxylic acids is 1. The molecule has 0 amide bonds. The molecule has 1 aromatic carbocycles. The Morgan fingerprint density at radius 3 is 2.52 bits per heavy atom. The molecule has 6 nitrogen and oxygen atoms in total. The van der Waals surface area contributed by atoms with E-state index in [1.165, 1.54) is 0 Å². The van der Waals surface area contributed by atoms with Crippen molar-refractivity contribution >= 4 is 31.9 Å². The molecule has 8 heteroatoms. The van der Waals surface area contributed by atoms with Crippen molar-refractivity contribution in [2.45, 2.75) is 11.3 Å². The monoisotopic (exact) mass is 373 g/mol. The normalized spacial score (nSPS) is 11.5. The van der Waals surface area contributed by atoms with Gasteiger partial charge < -0.3 is 9.52 Å². The Bertz CT molecular complexity index is 739. The molecule has 0 unspecified atom stereocenters. The first-order valence-electron chi connectivity index (χ1n) is 5.96.